The normalized spacial score (nSPS) is 11.4. The Balaban J connectivity index is 1.94. The minimum atomic E-state index is 0.173. The highest BCUT2D eigenvalue weighted by atomic mass is 32.1. The molecule has 1 heterocycles. The Morgan fingerprint density at radius 2 is 1.20 bits per heavy atom. The lowest BCUT2D eigenvalue weighted by atomic mass is 9.33. The predicted octanol–water partition coefficient (Wildman–Crippen LogP) is 6.49. The lowest BCUT2D eigenvalue weighted by Gasteiger charge is -2.27. The Labute approximate surface area is 214 Å². The van der Waals surface area contributed by atoms with Crippen LogP contribution in [0, 0.1) is 41.5 Å². The minimum Gasteiger partial charge on any atom is -0.377 e. The number of anilines is 1. The van der Waals surface area contributed by atoms with E-state index in [4.69, 9.17) is 0 Å². The van der Waals surface area contributed by atoms with E-state index in [1.165, 1.54) is 76.3 Å². The largest absolute Gasteiger partial charge is 0.377 e. The quantitative estimate of drug-likeness (QED) is 0.269. The van der Waals surface area contributed by atoms with E-state index in [-0.39, 0.29) is 6.71 Å². The van der Waals surface area contributed by atoms with Gasteiger partial charge >= 0.3 is 0 Å². The van der Waals surface area contributed by atoms with E-state index in [1.807, 2.05) is 11.3 Å². The molecule has 0 unspecified atom stereocenters. The third-order valence-electron chi connectivity index (χ3n) is 7.46. The van der Waals surface area contributed by atoms with Crippen molar-refractivity contribution in [2.45, 2.75) is 41.5 Å². The molecule has 3 heteroatoms. The van der Waals surface area contributed by atoms with Crippen molar-refractivity contribution in [3.63, 3.8) is 0 Å². The van der Waals surface area contributed by atoms with Gasteiger partial charge < -0.3 is 4.90 Å². The molecule has 35 heavy (non-hydrogen) atoms. The van der Waals surface area contributed by atoms with E-state index in [2.05, 4.69) is 121 Å². The second-order valence-corrected chi connectivity index (χ2v) is 11.4. The van der Waals surface area contributed by atoms with Gasteiger partial charge in [0.25, 0.3) is 0 Å². The maximum Gasteiger partial charge on any atom is 0.243 e. The summed E-state index contributed by atoms with van der Waals surface area (Å²) in [6.45, 7) is 13.7. The first-order valence-electron chi connectivity index (χ1n) is 12.4. The van der Waals surface area contributed by atoms with E-state index in [9.17, 15) is 0 Å². The second kappa shape index (κ2) is 8.88. The van der Waals surface area contributed by atoms with Gasteiger partial charge in [-0.2, -0.15) is 0 Å². The van der Waals surface area contributed by atoms with Crippen molar-refractivity contribution in [1.82, 2.24) is 0 Å². The smallest absolute Gasteiger partial charge is 0.243 e. The Kier molecular flexibility index (Phi) is 6.01. The van der Waals surface area contributed by atoms with Gasteiger partial charge in [-0.3, -0.25) is 0 Å². The summed E-state index contributed by atoms with van der Waals surface area (Å²) in [6.07, 6.45) is 0. The minimum absolute atomic E-state index is 0.173. The maximum atomic E-state index is 2.39. The standard InChI is InChI=1S/C32H34BNS/c1-19-15-21(3)30(22(4)16-19)33(31-23(5)17-20(2)18-24(31)6)27-11-12-28(34(7)8)29-26(27)10-9-25-13-14-35-32(25)29/h9-18H,1-8H3. The van der Waals surface area contributed by atoms with Gasteiger partial charge in [0, 0.05) is 29.9 Å². The van der Waals surface area contributed by atoms with E-state index in [0.717, 1.165) is 0 Å². The molecule has 0 radical (unpaired) electrons. The Bertz CT molecular complexity index is 1490. The molecule has 0 aliphatic rings. The molecule has 0 aliphatic carbocycles. The summed E-state index contributed by atoms with van der Waals surface area (Å²) in [4.78, 5) is 2.25. The molecule has 0 atom stereocenters. The molecule has 1 nitrogen and oxygen atoms in total. The highest BCUT2D eigenvalue weighted by Crippen LogP contribution is 2.35. The number of rotatable bonds is 4. The fourth-order valence-electron chi connectivity index (χ4n) is 6.24. The molecular weight excluding hydrogens is 441 g/mol. The SMILES string of the molecule is Cc1cc(C)c(B(c2c(C)cc(C)cc2C)c2ccc(N(C)C)c3c2ccc2ccsc23)c(C)c1. The fraction of sp³-hybridized carbons (Fsp3) is 0.250. The molecule has 0 fully saturated rings. The van der Waals surface area contributed by atoms with Crippen LogP contribution in [-0.2, 0) is 0 Å². The summed E-state index contributed by atoms with van der Waals surface area (Å²) < 4.78 is 1.38. The van der Waals surface area contributed by atoms with Crippen molar-refractivity contribution in [3.8, 4) is 0 Å². The van der Waals surface area contributed by atoms with Gasteiger partial charge in [0.05, 0.1) is 0 Å². The third-order valence-corrected chi connectivity index (χ3v) is 8.40. The highest BCUT2D eigenvalue weighted by molar-refractivity contribution is 7.18. The van der Waals surface area contributed by atoms with Gasteiger partial charge in [0.2, 0.25) is 6.71 Å². The Morgan fingerprint density at radius 1 is 0.657 bits per heavy atom. The first kappa shape index (κ1) is 23.7. The molecule has 0 amide bonds. The van der Waals surface area contributed by atoms with Gasteiger partial charge in [-0.15, -0.1) is 11.3 Å². The molecule has 1 aromatic heterocycles. The Morgan fingerprint density at radius 3 is 1.71 bits per heavy atom. The summed E-state index contributed by atoms with van der Waals surface area (Å²) in [5.41, 5.74) is 13.7. The third kappa shape index (κ3) is 3.96. The van der Waals surface area contributed by atoms with Gasteiger partial charge in [-0.1, -0.05) is 92.2 Å². The van der Waals surface area contributed by atoms with Crippen LogP contribution in [0.5, 0.6) is 0 Å². The van der Waals surface area contributed by atoms with E-state index < -0.39 is 0 Å². The zero-order chi connectivity index (χ0) is 25.0. The Hall–Kier alpha value is -3.04. The number of nitrogens with zero attached hydrogens (tertiary/aromatic N) is 1. The second-order valence-electron chi connectivity index (χ2n) is 10.5. The molecule has 176 valence electrons. The zero-order valence-corrected chi connectivity index (χ0v) is 23.0. The molecule has 0 saturated heterocycles. The van der Waals surface area contributed by atoms with Crippen molar-refractivity contribution < 1.29 is 0 Å². The average Bonchev–Trinajstić information content (AvgIpc) is 3.25. The average molecular weight is 476 g/mol. The van der Waals surface area contributed by atoms with Crippen LogP contribution in [-0.4, -0.2) is 20.8 Å². The zero-order valence-electron chi connectivity index (χ0n) is 22.2. The molecule has 0 saturated carbocycles. The van der Waals surface area contributed by atoms with Gasteiger partial charge in [-0.05, 0) is 69.8 Å². The number of hydrogen-bond acceptors (Lipinski definition) is 2. The van der Waals surface area contributed by atoms with E-state index >= 15 is 0 Å². The number of hydrogen-bond donors (Lipinski definition) is 0. The summed E-state index contributed by atoms with van der Waals surface area (Å²) >= 11 is 1.85. The van der Waals surface area contributed by atoms with Crippen LogP contribution in [0.4, 0.5) is 5.69 Å². The molecule has 0 bridgehead atoms. The number of benzene rings is 4. The topological polar surface area (TPSA) is 3.24 Å². The van der Waals surface area contributed by atoms with Crippen molar-refractivity contribution in [2.24, 2.45) is 0 Å². The van der Waals surface area contributed by atoms with Crippen LogP contribution in [0.15, 0.2) is 60.0 Å². The van der Waals surface area contributed by atoms with Crippen molar-refractivity contribution >= 4 is 61.0 Å². The van der Waals surface area contributed by atoms with Crippen LogP contribution in [0.3, 0.4) is 0 Å². The highest BCUT2D eigenvalue weighted by Gasteiger charge is 2.30. The monoisotopic (exact) mass is 475 g/mol. The number of aryl methyl sites for hydroxylation is 6. The first-order chi connectivity index (χ1) is 16.7. The van der Waals surface area contributed by atoms with Crippen LogP contribution >= 0.6 is 11.3 Å². The van der Waals surface area contributed by atoms with Crippen LogP contribution in [0.1, 0.15) is 33.4 Å². The van der Waals surface area contributed by atoms with Gasteiger partial charge in [-0.25, -0.2) is 0 Å². The summed E-state index contributed by atoms with van der Waals surface area (Å²) in [7, 11) is 4.31. The summed E-state index contributed by atoms with van der Waals surface area (Å²) in [5, 5.41) is 6.27. The van der Waals surface area contributed by atoms with Crippen LogP contribution in [0.25, 0.3) is 20.9 Å². The lowest BCUT2D eigenvalue weighted by molar-refractivity contribution is 1.14. The van der Waals surface area contributed by atoms with E-state index in [0.29, 0.717) is 0 Å². The summed E-state index contributed by atoms with van der Waals surface area (Å²) in [6, 6.07) is 21.0. The van der Waals surface area contributed by atoms with Crippen molar-refractivity contribution in [2.75, 3.05) is 19.0 Å². The van der Waals surface area contributed by atoms with Crippen LogP contribution < -0.4 is 21.3 Å². The van der Waals surface area contributed by atoms with Crippen LogP contribution in [0.2, 0.25) is 0 Å². The molecule has 5 rings (SSSR count). The van der Waals surface area contributed by atoms with Crippen molar-refractivity contribution in [1.29, 1.82) is 0 Å². The predicted molar refractivity (Wildman–Crippen MR) is 160 cm³/mol. The number of fused-ring (bicyclic) bond motifs is 3. The molecule has 5 aromatic rings. The molecular formula is C32H34BNS. The van der Waals surface area contributed by atoms with Gasteiger partial charge in [0.15, 0.2) is 0 Å². The molecule has 0 spiro atoms. The molecule has 0 aliphatic heterocycles. The van der Waals surface area contributed by atoms with Crippen molar-refractivity contribution in [3.05, 3.63) is 93.4 Å². The maximum absolute atomic E-state index is 2.39. The fourth-order valence-corrected chi connectivity index (χ4v) is 7.20. The van der Waals surface area contributed by atoms with E-state index in [1.54, 1.807) is 0 Å². The first-order valence-corrected chi connectivity index (χ1v) is 13.3. The van der Waals surface area contributed by atoms with Gasteiger partial charge in [0.1, 0.15) is 0 Å². The lowest BCUT2D eigenvalue weighted by Crippen LogP contribution is -2.56. The molecule has 0 N–H and O–H groups in total. The number of thiophene rings is 1. The summed E-state index contributed by atoms with van der Waals surface area (Å²) in [5.74, 6) is 0. The molecule has 4 aromatic carbocycles.